The molecule has 0 aromatic heterocycles. The van der Waals surface area contributed by atoms with Crippen molar-refractivity contribution in [2.75, 3.05) is 13.2 Å². The van der Waals surface area contributed by atoms with Crippen molar-refractivity contribution in [2.24, 2.45) is 9.98 Å². The molecular weight excluding hydrogens is 324 g/mol. The average Bonchev–Trinajstić information content (AvgIpc) is 2.91. The Balaban J connectivity index is 1.95. The molecule has 1 N–H and O–H groups in total. The molecule has 3 heterocycles. The number of guanidine groups is 1. The van der Waals surface area contributed by atoms with Gasteiger partial charge in [-0.2, -0.15) is 15.3 Å². The minimum atomic E-state index is -0.157. The van der Waals surface area contributed by atoms with E-state index in [1.54, 1.807) is 0 Å². The Hall–Kier alpha value is -1.28. The fraction of sp³-hybridized carbons (Fsp3) is 0.667. The largest absolute Gasteiger partial charge is 0.353 e. The minimum Gasteiger partial charge on any atom is -0.240 e. The molecule has 0 amide bonds. The third-order valence-electron chi connectivity index (χ3n) is 3.60. The van der Waals surface area contributed by atoms with E-state index in [1.807, 2.05) is 16.8 Å². The molecule has 0 aromatic carbocycles. The van der Waals surface area contributed by atoms with Gasteiger partial charge in [0.05, 0.1) is 12.3 Å². The number of hydrogen-bond donors (Lipinski definition) is 1. The lowest BCUT2D eigenvalue weighted by atomic mass is 10.2. The zero-order valence-electron chi connectivity index (χ0n) is 11.6. The number of hydrazine groups is 1. The third kappa shape index (κ3) is 2.07. The highest BCUT2D eigenvalue weighted by Gasteiger charge is 2.51. The van der Waals surface area contributed by atoms with Gasteiger partial charge in [0.25, 0.3) is 0 Å². The molecule has 3 aliphatic heterocycles. The Morgan fingerprint density at radius 2 is 2.30 bits per heavy atom. The van der Waals surface area contributed by atoms with Crippen molar-refractivity contribution < 1.29 is 4.76 Å². The van der Waals surface area contributed by atoms with Gasteiger partial charge in [0, 0.05) is 4.76 Å². The molecular formula is C12H18BrN6O+. The number of aliphatic imine (C=N–C) groups is 2. The summed E-state index contributed by atoms with van der Waals surface area (Å²) in [6.07, 6.45) is 3.33. The van der Waals surface area contributed by atoms with Gasteiger partial charge < -0.3 is 0 Å². The summed E-state index contributed by atoms with van der Waals surface area (Å²) >= 11 is 3.43. The predicted octanol–water partition coefficient (Wildman–Crippen LogP) is 1.73. The SMILES string of the molecule is CCCCCN1C2=NC(Br)NN2C2=C1[N+](=O)CN=C2C. The van der Waals surface area contributed by atoms with E-state index in [4.69, 9.17) is 0 Å². The lowest BCUT2D eigenvalue weighted by molar-refractivity contribution is -0.512. The quantitative estimate of drug-likeness (QED) is 0.366. The van der Waals surface area contributed by atoms with E-state index in [-0.39, 0.29) is 11.7 Å². The zero-order valence-corrected chi connectivity index (χ0v) is 13.2. The molecule has 108 valence electrons. The van der Waals surface area contributed by atoms with Crippen LogP contribution in [0, 0.1) is 4.91 Å². The summed E-state index contributed by atoms with van der Waals surface area (Å²) in [7, 11) is 0. The molecule has 7 nitrogen and oxygen atoms in total. The van der Waals surface area contributed by atoms with Crippen LogP contribution in [0.2, 0.25) is 0 Å². The van der Waals surface area contributed by atoms with Crippen LogP contribution in [0.4, 0.5) is 0 Å². The number of allylic oxidation sites excluding steroid dienone is 1. The molecule has 0 saturated heterocycles. The maximum Gasteiger partial charge on any atom is 0.353 e. The predicted molar refractivity (Wildman–Crippen MR) is 80.0 cm³/mol. The van der Waals surface area contributed by atoms with Crippen molar-refractivity contribution in [1.82, 2.24) is 15.3 Å². The molecule has 1 atom stereocenters. The smallest absolute Gasteiger partial charge is 0.240 e. The van der Waals surface area contributed by atoms with Gasteiger partial charge in [-0.15, -0.1) is 0 Å². The van der Waals surface area contributed by atoms with Crippen LogP contribution < -0.4 is 5.43 Å². The van der Waals surface area contributed by atoms with Crippen LogP contribution in [0.5, 0.6) is 0 Å². The maximum absolute atomic E-state index is 12.2. The van der Waals surface area contributed by atoms with Crippen molar-refractivity contribution in [3.8, 4) is 0 Å². The van der Waals surface area contributed by atoms with Crippen molar-refractivity contribution in [3.63, 3.8) is 0 Å². The molecule has 0 aromatic rings. The van der Waals surface area contributed by atoms with Crippen LogP contribution in [0.1, 0.15) is 33.1 Å². The number of nitroso groups, excluding NO2 is 1. The number of alkyl halides is 1. The molecule has 0 spiro atoms. The molecule has 3 aliphatic rings. The summed E-state index contributed by atoms with van der Waals surface area (Å²) < 4.78 is 0.944. The summed E-state index contributed by atoms with van der Waals surface area (Å²) in [5.74, 6) is 1.45. The maximum atomic E-state index is 12.2. The number of rotatable bonds is 4. The first-order chi connectivity index (χ1) is 9.63. The van der Waals surface area contributed by atoms with Crippen molar-refractivity contribution in [2.45, 2.75) is 38.2 Å². The summed E-state index contributed by atoms with van der Waals surface area (Å²) in [6.45, 7) is 5.06. The number of halogens is 1. The summed E-state index contributed by atoms with van der Waals surface area (Å²) in [5, 5.41) is 1.71. The lowest BCUT2D eigenvalue weighted by Gasteiger charge is -2.15. The first-order valence-electron chi connectivity index (χ1n) is 6.89. The van der Waals surface area contributed by atoms with E-state index >= 15 is 0 Å². The van der Waals surface area contributed by atoms with Gasteiger partial charge in [0.2, 0.25) is 6.67 Å². The molecule has 0 bridgehead atoms. The zero-order chi connectivity index (χ0) is 14.3. The topological polar surface area (TPSA) is 63.3 Å². The van der Waals surface area contributed by atoms with Gasteiger partial charge in [-0.3, -0.25) is 0 Å². The van der Waals surface area contributed by atoms with E-state index < -0.39 is 0 Å². The molecule has 0 saturated carbocycles. The molecule has 1 unspecified atom stereocenters. The Morgan fingerprint density at radius 3 is 3.05 bits per heavy atom. The molecule has 0 fully saturated rings. The second-order valence-electron chi connectivity index (χ2n) is 5.02. The third-order valence-corrected chi connectivity index (χ3v) is 4.01. The molecule has 8 heteroatoms. The molecule has 3 rings (SSSR count). The normalized spacial score (nSPS) is 24.9. The van der Waals surface area contributed by atoms with Crippen molar-refractivity contribution in [1.29, 1.82) is 0 Å². The highest BCUT2D eigenvalue weighted by Crippen LogP contribution is 2.32. The van der Waals surface area contributed by atoms with Crippen LogP contribution in [0.15, 0.2) is 21.5 Å². The fourth-order valence-electron chi connectivity index (χ4n) is 2.64. The Labute approximate surface area is 126 Å². The van der Waals surface area contributed by atoms with Crippen LogP contribution in [-0.4, -0.2) is 44.6 Å². The van der Waals surface area contributed by atoms with E-state index in [2.05, 4.69) is 38.3 Å². The monoisotopic (exact) mass is 341 g/mol. The summed E-state index contributed by atoms with van der Waals surface area (Å²) in [6, 6.07) is 0. The minimum absolute atomic E-state index is 0.157. The number of nitrogens with one attached hydrogen (secondary N) is 1. The highest BCUT2D eigenvalue weighted by molar-refractivity contribution is 9.09. The average molecular weight is 342 g/mol. The first kappa shape index (κ1) is 13.7. The van der Waals surface area contributed by atoms with E-state index in [1.165, 1.54) is 0 Å². The fourth-order valence-corrected chi connectivity index (χ4v) is 3.03. The molecule has 0 radical (unpaired) electrons. The second-order valence-corrected chi connectivity index (χ2v) is 5.89. The lowest BCUT2D eigenvalue weighted by Crippen LogP contribution is -2.40. The van der Waals surface area contributed by atoms with Crippen LogP contribution in [0.25, 0.3) is 0 Å². The number of unbranched alkanes of at least 4 members (excludes halogenated alkanes) is 2. The van der Waals surface area contributed by atoms with Gasteiger partial charge in [-0.25, -0.2) is 10.0 Å². The standard InChI is InChI=1S/C12H18BrN6O/c1-3-4-5-6-17-10-9(8(2)14-7-18(10)20)19-12(17)15-11(13)16-19/h11,16H,3-7H2,1-2H3/q+1. The summed E-state index contributed by atoms with van der Waals surface area (Å²) in [4.78, 5) is 22.9. The summed E-state index contributed by atoms with van der Waals surface area (Å²) in [5.41, 5.74) is 4.88. The van der Waals surface area contributed by atoms with Crippen molar-refractivity contribution >= 4 is 27.6 Å². The van der Waals surface area contributed by atoms with Gasteiger partial charge in [-0.05, 0) is 35.7 Å². The van der Waals surface area contributed by atoms with E-state index in [0.717, 1.165) is 47.9 Å². The number of fused-ring (bicyclic) bond motifs is 2. The number of nitrogens with zero attached hydrogens (tertiary/aromatic N) is 5. The van der Waals surface area contributed by atoms with Gasteiger partial charge >= 0.3 is 11.8 Å². The van der Waals surface area contributed by atoms with E-state index in [9.17, 15) is 4.91 Å². The van der Waals surface area contributed by atoms with Gasteiger partial charge in [-0.1, -0.05) is 18.3 Å². The van der Waals surface area contributed by atoms with Crippen LogP contribution >= 0.6 is 15.9 Å². The van der Waals surface area contributed by atoms with Crippen LogP contribution in [0.3, 0.4) is 0 Å². The Bertz CT molecular complexity index is 540. The van der Waals surface area contributed by atoms with Crippen molar-refractivity contribution in [3.05, 3.63) is 16.4 Å². The highest BCUT2D eigenvalue weighted by atomic mass is 79.9. The van der Waals surface area contributed by atoms with Gasteiger partial charge in [0.1, 0.15) is 0 Å². The Morgan fingerprint density at radius 1 is 1.50 bits per heavy atom. The first-order valence-corrected chi connectivity index (χ1v) is 7.81. The number of hydrogen-bond acceptors (Lipinski definition) is 6. The second kappa shape index (κ2) is 5.25. The van der Waals surface area contributed by atoms with Gasteiger partial charge in [0.15, 0.2) is 10.8 Å². The van der Waals surface area contributed by atoms with E-state index in [0.29, 0.717) is 5.82 Å². The Kier molecular flexibility index (Phi) is 3.59. The molecule has 20 heavy (non-hydrogen) atoms. The molecule has 0 aliphatic carbocycles. The van der Waals surface area contributed by atoms with Crippen LogP contribution in [-0.2, 0) is 0 Å².